The SMILES string of the molecule is O=C(CSc1nnc(-c2ccncc2)o1)c1cc#ccc1. The van der Waals surface area contributed by atoms with Crippen LogP contribution in [-0.4, -0.2) is 26.7 Å². The van der Waals surface area contributed by atoms with Gasteiger partial charge >= 0.3 is 0 Å². The van der Waals surface area contributed by atoms with Gasteiger partial charge in [0, 0.05) is 23.5 Å². The maximum atomic E-state index is 11.9. The van der Waals surface area contributed by atoms with Gasteiger partial charge < -0.3 is 4.42 Å². The highest BCUT2D eigenvalue weighted by Crippen LogP contribution is 2.23. The Morgan fingerprint density at radius 2 is 2.05 bits per heavy atom. The molecule has 3 rings (SSSR count). The fraction of sp³-hybridized carbons (Fsp3) is 0.0667. The predicted octanol–water partition coefficient (Wildman–Crippen LogP) is 2.71. The molecule has 0 bridgehead atoms. The topological polar surface area (TPSA) is 68.9 Å². The smallest absolute Gasteiger partial charge is 0.277 e. The van der Waals surface area contributed by atoms with Crippen molar-refractivity contribution in [2.45, 2.75) is 5.22 Å². The summed E-state index contributed by atoms with van der Waals surface area (Å²) in [6, 6.07) is 14.0. The summed E-state index contributed by atoms with van der Waals surface area (Å²) in [5, 5.41) is 8.23. The van der Waals surface area contributed by atoms with Crippen molar-refractivity contribution in [1.29, 1.82) is 0 Å². The highest BCUT2D eigenvalue weighted by molar-refractivity contribution is 7.99. The van der Waals surface area contributed by atoms with Gasteiger partial charge in [-0.1, -0.05) is 23.9 Å². The number of carbonyl (C=O) groups excluding carboxylic acids is 1. The summed E-state index contributed by atoms with van der Waals surface area (Å²) in [5.41, 5.74) is 1.39. The summed E-state index contributed by atoms with van der Waals surface area (Å²) >= 11 is 1.21. The van der Waals surface area contributed by atoms with E-state index < -0.39 is 0 Å². The second kappa shape index (κ2) is 6.20. The molecule has 0 unspecified atom stereocenters. The largest absolute Gasteiger partial charge is 0.411 e. The van der Waals surface area contributed by atoms with Crippen molar-refractivity contribution in [2.24, 2.45) is 0 Å². The molecule has 1 aromatic carbocycles. The Labute approximate surface area is 125 Å². The molecular weight excluding hydrogens is 286 g/mol. The molecule has 0 fully saturated rings. The highest BCUT2D eigenvalue weighted by Gasteiger charge is 2.12. The van der Waals surface area contributed by atoms with Crippen molar-refractivity contribution in [3.8, 4) is 11.5 Å². The summed E-state index contributed by atoms with van der Waals surface area (Å²) < 4.78 is 5.50. The van der Waals surface area contributed by atoms with Crippen molar-refractivity contribution >= 4 is 17.5 Å². The second-order valence-corrected chi connectivity index (χ2v) is 4.97. The fourth-order valence-electron chi connectivity index (χ4n) is 1.61. The third kappa shape index (κ3) is 3.27. The minimum atomic E-state index is -0.0195. The maximum Gasteiger partial charge on any atom is 0.277 e. The Morgan fingerprint density at radius 3 is 2.81 bits per heavy atom. The van der Waals surface area contributed by atoms with Crippen molar-refractivity contribution < 1.29 is 9.21 Å². The predicted molar refractivity (Wildman–Crippen MR) is 76.7 cm³/mol. The van der Waals surface area contributed by atoms with Gasteiger partial charge in [0.1, 0.15) is 0 Å². The first kappa shape index (κ1) is 13.3. The van der Waals surface area contributed by atoms with Crippen LogP contribution < -0.4 is 0 Å². The zero-order valence-electron chi connectivity index (χ0n) is 10.8. The molecule has 102 valence electrons. The number of thioether (sulfide) groups is 1. The Kier molecular flexibility index (Phi) is 3.94. The van der Waals surface area contributed by atoms with E-state index in [0.29, 0.717) is 16.7 Å². The van der Waals surface area contributed by atoms with Crippen molar-refractivity contribution in [3.05, 3.63) is 60.4 Å². The standard InChI is InChI=1S/C15H9N3O2S/c19-13(11-4-2-1-3-5-11)10-21-15-18-17-14(20-15)12-6-8-16-9-7-12/h2,4-9H,10H2. The molecule has 0 radical (unpaired) electrons. The zero-order valence-corrected chi connectivity index (χ0v) is 11.6. The van der Waals surface area contributed by atoms with Gasteiger partial charge in [0.05, 0.1) is 5.75 Å². The van der Waals surface area contributed by atoms with Crippen molar-refractivity contribution in [2.75, 3.05) is 5.75 Å². The Hall–Kier alpha value is -2.65. The number of Topliss-reactive ketones (excluding diaryl/α,β-unsaturated/α-hetero) is 1. The molecular formula is C15H9N3O2S. The van der Waals surface area contributed by atoms with Crippen LogP contribution in [0.4, 0.5) is 0 Å². The third-order valence-electron chi connectivity index (χ3n) is 2.64. The Balaban J connectivity index is 1.64. The fourth-order valence-corrected chi connectivity index (χ4v) is 2.27. The van der Waals surface area contributed by atoms with E-state index in [-0.39, 0.29) is 11.5 Å². The molecule has 0 saturated carbocycles. The first-order valence-electron chi connectivity index (χ1n) is 6.10. The molecule has 2 heterocycles. The lowest BCUT2D eigenvalue weighted by Crippen LogP contribution is -2.01. The lowest BCUT2D eigenvalue weighted by atomic mass is 10.2. The van der Waals surface area contributed by atoms with Gasteiger partial charge in [0.25, 0.3) is 5.22 Å². The van der Waals surface area contributed by atoms with Crippen LogP contribution in [-0.2, 0) is 0 Å². The molecule has 3 aromatic rings. The van der Waals surface area contributed by atoms with Crippen LogP contribution in [0.1, 0.15) is 10.4 Å². The maximum absolute atomic E-state index is 11.9. The average Bonchev–Trinajstić information content (AvgIpc) is 3.03. The molecule has 0 saturated heterocycles. The van der Waals surface area contributed by atoms with Crippen molar-refractivity contribution in [3.63, 3.8) is 0 Å². The lowest BCUT2D eigenvalue weighted by Gasteiger charge is -1.96. The molecule has 0 N–H and O–H groups in total. The first-order valence-corrected chi connectivity index (χ1v) is 7.09. The summed E-state index contributed by atoms with van der Waals surface area (Å²) in [6.45, 7) is 0. The molecule has 0 aliphatic rings. The molecule has 2 aromatic heterocycles. The third-order valence-corrected chi connectivity index (χ3v) is 3.46. The van der Waals surface area contributed by atoms with E-state index in [0.717, 1.165) is 5.56 Å². The van der Waals surface area contributed by atoms with E-state index in [1.54, 1.807) is 42.7 Å². The number of nitrogens with zero attached hydrogens (tertiary/aromatic N) is 3. The Bertz CT molecular complexity index is 729. The Morgan fingerprint density at radius 1 is 1.19 bits per heavy atom. The van der Waals surface area contributed by atoms with Gasteiger partial charge in [0.15, 0.2) is 5.78 Å². The number of pyridine rings is 1. The quantitative estimate of drug-likeness (QED) is 0.532. The van der Waals surface area contributed by atoms with E-state index in [4.69, 9.17) is 4.42 Å². The minimum Gasteiger partial charge on any atom is -0.411 e. The van der Waals surface area contributed by atoms with E-state index in [1.807, 2.05) is 0 Å². The summed E-state index contributed by atoms with van der Waals surface area (Å²) in [6.07, 6.45) is 3.30. The van der Waals surface area contributed by atoms with Gasteiger partial charge in [-0.3, -0.25) is 9.78 Å². The van der Waals surface area contributed by atoms with Gasteiger partial charge in [-0.05, 0) is 30.3 Å². The van der Waals surface area contributed by atoms with E-state index in [2.05, 4.69) is 27.3 Å². The number of hydrogen-bond donors (Lipinski definition) is 0. The zero-order chi connectivity index (χ0) is 14.5. The molecule has 0 amide bonds. The number of rotatable bonds is 5. The van der Waals surface area contributed by atoms with Gasteiger partial charge in [-0.15, -0.1) is 10.2 Å². The van der Waals surface area contributed by atoms with E-state index in [1.165, 1.54) is 11.8 Å². The average molecular weight is 295 g/mol. The van der Waals surface area contributed by atoms with Crippen LogP contribution in [0.15, 0.2) is 52.4 Å². The first-order chi connectivity index (χ1) is 10.3. The van der Waals surface area contributed by atoms with E-state index >= 15 is 0 Å². The monoisotopic (exact) mass is 295 g/mol. The molecule has 6 heteroatoms. The highest BCUT2D eigenvalue weighted by atomic mass is 32.2. The summed E-state index contributed by atoms with van der Waals surface area (Å²) in [4.78, 5) is 15.9. The lowest BCUT2D eigenvalue weighted by molar-refractivity contribution is 0.102. The minimum absolute atomic E-state index is 0.0195. The van der Waals surface area contributed by atoms with Crippen LogP contribution in [0.5, 0.6) is 0 Å². The number of hydrogen-bond acceptors (Lipinski definition) is 6. The normalized spacial score (nSPS) is 10.1. The van der Waals surface area contributed by atoms with Crippen LogP contribution in [0.3, 0.4) is 0 Å². The van der Waals surface area contributed by atoms with E-state index in [9.17, 15) is 4.79 Å². The van der Waals surface area contributed by atoms with Crippen LogP contribution in [0.2, 0.25) is 0 Å². The van der Waals surface area contributed by atoms with Gasteiger partial charge in [-0.25, -0.2) is 0 Å². The second-order valence-electron chi connectivity index (χ2n) is 4.04. The molecule has 0 aliphatic heterocycles. The van der Waals surface area contributed by atoms with Crippen LogP contribution in [0, 0.1) is 12.1 Å². The summed E-state index contributed by atoms with van der Waals surface area (Å²) in [7, 11) is 0. The number of carbonyl (C=O) groups is 1. The number of ketones is 1. The molecule has 0 spiro atoms. The molecule has 0 aliphatic carbocycles. The van der Waals surface area contributed by atoms with Gasteiger partial charge in [-0.2, -0.15) is 0 Å². The number of aromatic nitrogens is 3. The van der Waals surface area contributed by atoms with Crippen molar-refractivity contribution in [1.82, 2.24) is 15.2 Å². The van der Waals surface area contributed by atoms with Crippen LogP contribution in [0.25, 0.3) is 11.5 Å². The van der Waals surface area contributed by atoms with Crippen LogP contribution >= 0.6 is 11.8 Å². The van der Waals surface area contributed by atoms with Gasteiger partial charge in [0.2, 0.25) is 5.89 Å². The molecule has 5 nitrogen and oxygen atoms in total. The summed E-state index contributed by atoms with van der Waals surface area (Å²) in [5.74, 6) is 0.624. The molecule has 21 heavy (non-hydrogen) atoms. The molecule has 0 atom stereocenters.